The first kappa shape index (κ1) is 14.7. The highest BCUT2D eigenvalue weighted by Crippen LogP contribution is 2.31. The Kier molecular flexibility index (Phi) is 4.70. The van der Waals surface area contributed by atoms with Gasteiger partial charge in [-0.3, -0.25) is 0 Å². The molecule has 3 heterocycles. The second-order valence-corrected chi connectivity index (χ2v) is 6.84. The predicted molar refractivity (Wildman–Crippen MR) is 90.3 cm³/mol. The normalized spacial score (nSPS) is 18.5. The number of thiophene rings is 1. The van der Waals surface area contributed by atoms with E-state index in [0.29, 0.717) is 6.04 Å². The summed E-state index contributed by atoms with van der Waals surface area (Å²) in [4.78, 5) is 14.0. The van der Waals surface area contributed by atoms with Gasteiger partial charge in [0.2, 0.25) is 0 Å². The zero-order chi connectivity index (χ0) is 14.7. The topological polar surface area (TPSA) is 41.0 Å². The highest BCUT2D eigenvalue weighted by Gasteiger charge is 2.20. The monoisotopic (exact) mass is 304 g/mol. The Morgan fingerprint density at radius 2 is 2.29 bits per heavy atom. The Morgan fingerprint density at radius 3 is 3.00 bits per heavy atom. The molecule has 1 atom stereocenters. The molecule has 0 aromatic carbocycles. The highest BCUT2D eigenvalue weighted by molar-refractivity contribution is 7.18. The van der Waals surface area contributed by atoms with E-state index in [2.05, 4.69) is 40.1 Å². The number of nitrogens with one attached hydrogen (secondary N) is 1. The minimum atomic E-state index is 0.603. The third-order valence-corrected chi connectivity index (χ3v) is 5.29. The summed E-state index contributed by atoms with van der Waals surface area (Å²) in [5, 5.41) is 4.82. The third-order valence-electron chi connectivity index (χ3n) is 4.10. The van der Waals surface area contributed by atoms with Gasteiger partial charge in [0.05, 0.1) is 5.39 Å². The summed E-state index contributed by atoms with van der Waals surface area (Å²) in [6.45, 7) is 7.70. The maximum absolute atomic E-state index is 4.61. The van der Waals surface area contributed by atoms with E-state index in [9.17, 15) is 0 Å². The molecule has 1 aliphatic rings. The molecule has 0 amide bonds. The van der Waals surface area contributed by atoms with E-state index >= 15 is 0 Å². The smallest absolute Gasteiger partial charge is 0.140 e. The molecular weight excluding hydrogens is 280 g/mol. The van der Waals surface area contributed by atoms with Crippen molar-refractivity contribution >= 4 is 27.4 Å². The zero-order valence-corrected chi connectivity index (χ0v) is 13.7. The van der Waals surface area contributed by atoms with Gasteiger partial charge >= 0.3 is 0 Å². The van der Waals surface area contributed by atoms with Gasteiger partial charge in [0, 0.05) is 24.0 Å². The molecule has 4 nitrogen and oxygen atoms in total. The molecule has 114 valence electrons. The predicted octanol–water partition coefficient (Wildman–Crippen LogP) is 3.22. The zero-order valence-electron chi connectivity index (χ0n) is 12.9. The van der Waals surface area contributed by atoms with E-state index in [0.717, 1.165) is 43.1 Å². The number of aryl methyl sites for hydroxylation is 1. The fourth-order valence-electron chi connectivity index (χ4n) is 3.05. The maximum atomic E-state index is 4.61. The number of anilines is 1. The summed E-state index contributed by atoms with van der Waals surface area (Å²) in [7, 11) is 0. The van der Waals surface area contributed by atoms with Crippen LogP contribution < -0.4 is 10.2 Å². The summed E-state index contributed by atoms with van der Waals surface area (Å²) in [5.74, 6) is 1.12. The van der Waals surface area contributed by atoms with E-state index in [1.165, 1.54) is 23.1 Å². The summed E-state index contributed by atoms with van der Waals surface area (Å²) >= 11 is 1.80. The lowest BCUT2D eigenvalue weighted by molar-refractivity contribution is 0.576. The lowest BCUT2D eigenvalue weighted by Crippen LogP contribution is -2.38. The largest absolute Gasteiger partial charge is 0.354 e. The molecule has 2 aromatic heterocycles. The van der Waals surface area contributed by atoms with Crippen molar-refractivity contribution in [2.75, 3.05) is 24.5 Å². The van der Waals surface area contributed by atoms with Crippen LogP contribution in [0.5, 0.6) is 0 Å². The second kappa shape index (κ2) is 6.71. The number of hydrogen-bond donors (Lipinski definition) is 1. The van der Waals surface area contributed by atoms with Crippen LogP contribution in [0.25, 0.3) is 10.2 Å². The van der Waals surface area contributed by atoms with Gasteiger partial charge in [0.25, 0.3) is 0 Å². The van der Waals surface area contributed by atoms with Gasteiger partial charge in [-0.2, -0.15) is 0 Å². The van der Waals surface area contributed by atoms with Crippen molar-refractivity contribution in [3.05, 3.63) is 17.3 Å². The molecule has 2 aromatic rings. The van der Waals surface area contributed by atoms with Gasteiger partial charge in [0.1, 0.15) is 17.0 Å². The number of fused-ring (bicyclic) bond motifs is 1. The van der Waals surface area contributed by atoms with Crippen LogP contribution in [0.3, 0.4) is 0 Å². The van der Waals surface area contributed by atoms with Gasteiger partial charge in [-0.1, -0.05) is 13.8 Å². The molecule has 0 aliphatic carbocycles. The Morgan fingerprint density at radius 1 is 1.38 bits per heavy atom. The summed E-state index contributed by atoms with van der Waals surface area (Å²) in [5.41, 5.74) is 0. The fourth-order valence-corrected chi connectivity index (χ4v) is 3.98. The molecule has 0 spiro atoms. The molecule has 0 radical (unpaired) electrons. The number of aromatic nitrogens is 2. The molecule has 1 N–H and O–H groups in total. The van der Waals surface area contributed by atoms with E-state index in [1.807, 2.05) is 0 Å². The van der Waals surface area contributed by atoms with Crippen LogP contribution in [-0.2, 0) is 6.42 Å². The van der Waals surface area contributed by atoms with Crippen molar-refractivity contribution in [1.29, 1.82) is 0 Å². The second-order valence-electron chi connectivity index (χ2n) is 5.72. The van der Waals surface area contributed by atoms with Gasteiger partial charge in [0.15, 0.2) is 0 Å². The first-order valence-corrected chi connectivity index (χ1v) is 8.85. The van der Waals surface area contributed by atoms with Crippen molar-refractivity contribution in [3.63, 3.8) is 0 Å². The lowest BCUT2D eigenvalue weighted by Gasteiger charge is -2.26. The standard InChI is InChI=1S/C16H24N4S/c1-3-8-20(10-12-6-5-7-17-12)15-14-9-13(4-2)21-16(14)19-11-18-15/h9,11-12,17H,3-8,10H2,1-2H3. The highest BCUT2D eigenvalue weighted by atomic mass is 32.1. The van der Waals surface area contributed by atoms with Crippen molar-refractivity contribution < 1.29 is 0 Å². The van der Waals surface area contributed by atoms with Gasteiger partial charge in [-0.25, -0.2) is 9.97 Å². The molecule has 1 fully saturated rings. The molecule has 1 aliphatic heterocycles. The third kappa shape index (κ3) is 3.19. The molecule has 0 bridgehead atoms. The lowest BCUT2D eigenvalue weighted by atomic mass is 10.2. The molecular formula is C16H24N4S. The van der Waals surface area contributed by atoms with Crippen molar-refractivity contribution in [2.24, 2.45) is 0 Å². The Balaban J connectivity index is 1.91. The Hall–Kier alpha value is -1.20. The summed E-state index contributed by atoms with van der Waals surface area (Å²) in [6.07, 6.45) is 6.50. The van der Waals surface area contributed by atoms with E-state index in [4.69, 9.17) is 0 Å². The minimum absolute atomic E-state index is 0.603. The average molecular weight is 304 g/mol. The number of hydrogen-bond acceptors (Lipinski definition) is 5. The van der Waals surface area contributed by atoms with Crippen LogP contribution in [0.1, 0.15) is 38.0 Å². The molecule has 5 heteroatoms. The quantitative estimate of drug-likeness (QED) is 0.889. The van der Waals surface area contributed by atoms with Crippen molar-refractivity contribution in [1.82, 2.24) is 15.3 Å². The first-order valence-electron chi connectivity index (χ1n) is 8.03. The van der Waals surface area contributed by atoms with Crippen LogP contribution in [0.4, 0.5) is 5.82 Å². The maximum Gasteiger partial charge on any atom is 0.140 e. The first-order chi connectivity index (χ1) is 10.3. The number of rotatable bonds is 6. The number of nitrogens with zero attached hydrogens (tertiary/aromatic N) is 3. The van der Waals surface area contributed by atoms with Crippen LogP contribution in [0.15, 0.2) is 12.4 Å². The molecule has 1 saturated heterocycles. The van der Waals surface area contributed by atoms with Crippen molar-refractivity contribution in [2.45, 2.75) is 45.6 Å². The van der Waals surface area contributed by atoms with Crippen molar-refractivity contribution in [3.8, 4) is 0 Å². The summed E-state index contributed by atoms with van der Waals surface area (Å²) < 4.78 is 0. The molecule has 21 heavy (non-hydrogen) atoms. The fraction of sp³-hybridized carbons (Fsp3) is 0.625. The van der Waals surface area contributed by atoms with Gasteiger partial charge in [-0.15, -0.1) is 11.3 Å². The molecule has 3 rings (SSSR count). The molecule has 0 saturated carbocycles. The minimum Gasteiger partial charge on any atom is -0.354 e. The van der Waals surface area contributed by atoms with Gasteiger partial charge in [-0.05, 0) is 38.3 Å². The van der Waals surface area contributed by atoms with Crippen LogP contribution in [0, 0.1) is 0 Å². The average Bonchev–Trinajstić information content (AvgIpc) is 3.14. The van der Waals surface area contributed by atoms with Crippen LogP contribution in [0.2, 0.25) is 0 Å². The van der Waals surface area contributed by atoms with E-state index in [-0.39, 0.29) is 0 Å². The van der Waals surface area contributed by atoms with Crippen LogP contribution >= 0.6 is 11.3 Å². The van der Waals surface area contributed by atoms with Crippen LogP contribution in [-0.4, -0.2) is 35.6 Å². The Bertz CT molecular complexity index is 589. The summed E-state index contributed by atoms with van der Waals surface area (Å²) in [6, 6.07) is 2.88. The SMILES string of the molecule is CCCN(CC1CCCN1)c1ncnc2sc(CC)cc12. The van der Waals surface area contributed by atoms with E-state index in [1.54, 1.807) is 17.7 Å². The van der Waals surface area contributed by atoms with Gasteiger partial charge < -0.3 is 10.2 Å². The Labute approximate surface area is 130 Å². The van der Waals surface area contributed by atoms with E-state index < -0.39 is 0 Å². The molecule has 1 unspecified atom stereocenters.